The van der Waals surface area contributed by atoms with E-state index in [9.17, 15) is 8.42 Å². The maximum Gasteiger partial charge on any atom is 0.279 e. The number of hydrogen-bond donors (Lipinski definition) is 1. The molecule has 0 aromatic heterocycles. The van der Waals surface area contributed by atoms with Gasteiger partial charge in [-0.15, -0.1) is 0 Å². The maximum atomic E-state index is 12.3. The summed E-state index contributed by atoms with van der Waals surface area (Å²) in [4.78, 5) is 0. The number of methoxy groups -OCH3 is 1. The summed E-state index contributed by atoms with van der Waals surface area (Å²) in [5.74, 6) is 0.637. The quantitative estimate of drug-likeness (QED) is 0.804. The minimum absolute atomic E-state index is 0.0326. The summed E-state index contributed by atoms with van der Waals surface area (Å²) in [6.45, 7) is 4.63. The van der Waals surface area contributed by atoms with Crippen LogP contribution in [-0.2, 0) is 14.9 Å². The smallest absolute Gasteiger partial charge is 0.279 e. The highest BCUT2D eigenvalue weighted by Gasteiger charge is 2.38. The zero-order chi connectivity index (χ0) is 13.9. The van der Waals surface area contributed by atoms with Crippen molar-refractivity contribution in [2.45, 2.75) is 39.0 Å². The second-order valence-electron chi connectivity index (χ2n) is 6.19. The van der Waals surface area contributed by atoms with Crippen LogP contribution < -0.4 is 4.72 Å². The Morgan fingerprint density at radius 2 is 1.95 bits per heavy atom. The highest BCUT2D eigenvalue weighted by molar-refractivity contribution is 7.87. The molecular formula is C13H26N2O3S. The van der Waals surface area contributed by atoms with Crippen LogP contribution in [0.5, 0.6) is 0 Å². The molecule has 0 atom stereocenters. The third-order valence-corrected chi connectivity index (χ3v) is 6.13. The molecule has 5 nitrogen and oxygen atoms in total. The molecule has 1 N–H and O–H groups in total. The second kappa shape index (κ2) is 6.08. The Kier molecular flexibility index (Phi) is 4.87. The lowest BCUT2D eigenvalue weighted by Crippen LogP contribution is -2.50. The third-order valence-electron chi connectivity index (χ3n) is 4.58. The van der Waals surface area contributed by atoms with E-state index < -0.39 is 10.2 Å². The van der Waals surface area contributed by atoms with Gasteiger partial charge in [0, 0.05) is 32.2 Å². The molecule has 2 fully saturated rings. The number of ether oxygens (including phenoxy) is 1. The number of piperidine rings is 1. The van der Waals surface area contributed by atoms with Crippen molar-refractivity contribution in [3.63, 3.8) is 0 Å². The first-order valence-electron chi connectivity index (χ1n) is 7.21. The summed E-state index contributed by atoms with van der Waals surface area (Å²) >= 11 is 0. The molecule has 0 unspecified atom stereocenters. The number of nitrogens with zero attached hydrogens (tertiary/aromatic N) is 1. The van der Waals surface area contributed by atoms with Gasteiger partial charge in [0.15, 0.2) is 0 Å². The maximum absolute atomic E-state index is 12.3. The average Bonchev–Trinajstić information content (AvgIpc) is 2.33. The van der Waals surface area contributed by atoms with Crippen molar-refractivity contribution in [2.24, 2.45) is 11.3 Å². The molecule has 1 aliphatic heterocycles. The summed E-state index contributed by atoms with van der Waals surface area (Å²) in [6, 6.07) is 0. The van der Waals surface area contributed by atoms with E-state index in [1.807, 2.05) is 0 Å². The normalized spacial score (nSPS) is 25.2. The zero-order valence-corrected chi connectivity index (χ0v) is 12.8. The average molecular weight is 290 g/mol. The molecule has 0 radical (unpaired) electrons. The van der Waals surface area contributed by atoms with E-state index in [0.29, 0.717) is 32.2 Å². The first-order chi connectivity index (χ1) is 8.97. The van der Waals surface area contributed by atoms with Crippen LogP contribution in [0.1, 0.15) is 39.0 Å². The topological polar surface area (TPSA) is 58.6 Å². The Bertz CT molecular complexity index is 385. The van der Waals surface area contributed by atoms with Gasteiger partial charge >= 0.3 is 0 Å². The SMILES string of the molecule is COCC1(CNS(=O)(=O)N2CCC(C)CC2)CCC1. The van der Waals surface area contributed by atoms with E-state index >= 15 is 0 Å². The van der Waals surface area contributed by atoms with Crippen LogP contribution >= 0.6 is 0 Å². The van der Waals surface area contributed by atoms with Crippen LogP contribution in [-0.4, -0.2) is 46.1 Å². The van der Waals surface area contributed by atoms with Crippen LogP contribution in [0.2, 0.25) is 0 Å². The lowest BCUT2D eigenvalue weighted by atomic mass is 9.69. The molecule has 112 valence electrons. The monoisotopic (exact) mass is 290 g/mol. The predicted molar refractivity (Wildman–Crippen MR) is 75.1 cm³/mol. The first kappa shape index (κ1) is 15.2. The molecule has 2 aliphatic rings. The van der Waals surface area contributed by atoms with E-state index in [2.05, 4.69) is 11.6 Å². The fraction of sp³-hybridized carbons (Fsp3) is 1.00. The van der Waals surface area contributed by atoms with E-state index in [0.717, 1.165) is 25.7 Å². The molecule has 0 aromatic rings. The third kappa shape index (κ3) is 3.68. The molecule has 1 aliphatic carbocycles. The van der Waals surface area contributed by atoms with Crippen molar-refractivity contribution < 1.29 is 13.2 Å². The summed E-state index contributed by atoms with van der Waals surface area (Å²) in [7, 11) is -1.63. The molecule has 0 spiro atoms. The Labute approximate surface area is 116 Å². The molecule has 1 heterocycles. The zero-order valence-electron chi connectivity index (χ0n) is 12.0. The van der Waals surface area contributed by atoms with Crippen LogP contribution in [0.4, 0.5) is 0 Å². The summed E-state index contributed by atoms with van der Waals surface area (Å²) in [5.41, 5.74) is 0.0326. The highest BCUT2D eigenvalue weighted by atomic mass is 32.2. The molecule has 2 rings (SSSR count). The predicted octanol–water partition coefficient (Wildman–Crippen LogP) is 1.37. The molecular weight excluding hydrogens is 264 g/mol. The fourth-order valence-electron chi connectivity index (χ4n) is 2.92. The van der Waals surface area contributed by atoms with Crippen LogP contribution in [0, 0.1) is 11.3 Å². The van der Waals surface area contributed by atoms with Crippen molar-refractivity contribution in [3.8, 4) is 0 Å². The minimum atomic E-state index is -3.31. The molecule has 0 amide bonds. The van der Waals surface area contributed by atoms with Gasteiger partial charge < -0.3 is 4.74 Å². The van der Waals surface area contributed by atoms with Gasteiger partial charge in [-0.25, -0.2) is 4.72 Å². The van der Waals surface area contributed by atoms with Gasteiger partial charge in [0.05, 0.1) is 6.61 Å². The minimum Gasteiger partial charge on any atom is -0.384 e. The molecule has 1 saturated carbocycles. The van der Waals surface area contributed by atoms with Gasteiger partial charge in [-0.3, -0.25) is 0 Å². The number of nitrogens with one attached hydrogen (secondary N) is 1. The molecule has 0 aromatic carbocycles. The fourth-order valence-corrected chi connectivity index (χ4v) is 4.28. The molecule has 6 heteroatoms. The Morgan fingerprint density at radius 1 is 1.32 bits per heavy atom. The van der Waals surface area contributed by atoms with Gasteiger partial charge in [0.2, 0.25) is 0 Å². The lowest BCUT2D eigenvalue weighted by molar-refractivity contribution is 0.0217. The molecule has 19 heavy (non-hydrogen) atoms. The van der Waals surface area contributed by atoms with E-state index in [1.54, 1.807) is 11.4 Å². The standard InChI is InChI=1S/C13H26N2O3S/c1-12-4-8-15(9-5-12)19(16,17)14-10-13(11-18-2)6-3-7-13/h12,14H,3-11H2,1-2H3. The Hall–Kier alpha value is -0.170. The largest absolute Gasteiger partial charge is 0.384 e. The first-order valence-corrected chi connectivity index (χ1v) is 8.65. The van der Waals surface area contributed by atoms with Gasteiger partial charge in [0.25, 0.3) is 10.2 Å². The van der Waals surface area contributed by atoms with Crippen molar-refractivity contribution in [1.82, 2.24) is 9.03 Å². The van der Waals surface area contributed by atoms with Gasteiger partial charge in [-0.1, -0.05) is 13.3 Å². The summed E-state index contributed by atoms with van der Waals surface area (Å²) < 4.78 is 34.1. The van der Waals surface area contributed by atoms with Gasteiger partial charge in [-0.2, -0.15) is 12.7 Å². The van der Waals surface area contributed by atoms with Crippen LogP contribution in [0.15, 0.2) is 0 Å². The molecule has 0 bridgehead atoms. The second-order valence-corrected chi connectivity index (χ2v) is 7.95. The van der Waals surface area contributed by atoms with Gasteiger partial charge in [-0.05, 0) is 31.6 Å². The van der Waals surface area contributed by atoms with Crippen molar-refractivity contribution in [2.75, 3.05) is 33.4 Å². The highest BCUT2D eigenvalue weighted by Crippen LogP contribution is 2.40. The van der Waals surface area contributed by atoms with E-state index in [-0.39, 0.29) is 5.41 Å². The summed E-state index contributed by atoms with van der Waals surface area (Å²) in [5, 5.41) is 0. The Morgan fingerprint density at radius 3 is 2.42 bits per heavy atom. The van der Waals surface area contributed by atoms with Crippen molar-refractivity contribution in [1.29, 1.82) is 0 Å². The van der Waals surface area contributed by atoms with Crippen molar-refractivity contribution >= 4 is 10.2 Å². The van der Waals surface area contributed by atoms with Gasteiger partial charge in [0.1, 0.15) is 0 Å². The molecule has 1 saturated heterocycles. The number of rotatable bonds is 6. The van der Waals surface area contributed by atoms with E-state index in [4.69, 9.17) is 4.74 Å². The summed E-state index contributed by atoms with van der Waals surface area (Å²) in [6.07, 6.45) is 5.21. The number of hydrogen-bond acceptors (Lipinski definition) is 3. The Balaban J connectivity index is 1.87. The van der Waals surface area contributed by atoms with Crippen LogP contribution in [0.25, 0.3) is 0 Å². The van der Waals surface area contributed by atoms with E-state index in [1.165, 1.54) is 6.42 Å². The lowest BCUT2D eigenvalue weighted by Gasteiger charge is -2.42. The van der Waals surface area contributed by atoms with Crippen LogP contribution in [0.3, 0.4) is 0 Å². The van der Waals surface area contributed by atoms with Crippen molar-refractivity contribution in [3.05, 3.63) is 0 Å².